The summed E-state index contributed by atoms with van der Waals surface area (Å²) in [4.78, 5) is 0. The molecule has 1 aromatic heterocycles. The van der Waals surface area contributed by atoms with E-state index in [1.165, 1.54) is 0 Å². The van der Waals surface area contributed by atoms with Gasteiger partial charge in [-0.05, 0) is 35.9 Å². The first-order valence-electron chi connectivity index (χ1n) is 7.41. The molecule has 25 heavy (non-hydrogen) atoms. The fraction of sp³-hybridized carbons (Fsp3) is 0.118. The second kappa shape index (κ2) is 6.97. The van der Waals surface area contributed by atoms with Gasteiger partial charge in [0.05, 0.1) is 29.4 Å². The highest BCUT2D eigenvalue weighted by atomic mass is 35.5. The smallest absolute Gasteiger partial charge is 0.213 e. The van der Waals surface area contributed by atoms with E-state index in [2.05, 4.69) is 5.10 Å². The molecule has 0 aliphatic rings. The largest absolute Gasteiger partial charge is 0.390 e. The van der Waals surface area contributed by atoms with Gasteiger partial charge in [0, 0.05) is 10.6 Å². The van der Waals surface area contributed by atoms with E-state index in [0.29, 0.717) is 16.3 Å². The number of aromatic nitrogens is 2. The van der Waals surface area contributed by atoms with Crippen LogP contribution in [0.15, 0.2) is 54.6 Å². The Hall–Kier alpha value is -2.19. The molecule has 0 bridgehead atoms. The van der Waals surface area contributed by atoms with E-state index in [9.17, 15) is 13.5 Å². The van der Waals surface area contributed by atoms with Gasteiger partial charge in [0.15, 0.2) is 0 Å². The van der Waals surface area contributed by atoms with Crippen LogP contribution in [0.25, 0.3) is 16.9 Å². The van der Waals surface area contributed by atoms with Gasteiger partial charge in [-0.3, -0.25) is 0 Å². The number of hydrogen-bond acceptors (Lipinski definition) is 4. The van der Waals surface area contributed by atoms with Crippen molar-refractivity contribution < 1.29 is 13.5 Å². The summed E-state index contributed by atoms with van der Waals surface area (Å²) in [6, 6.07) is 16.0. The number of benzene rings is 2. The van der Waals surface area contributed by atoms with Gasteiger partial charge in [-0.1, -0.05) is 35.9 Å². The molecule has 0 amide bonds. The van der Waals surface area contributed by atoms with Gasteiger partial charge in [-0.2, -0.15) is 5.10 Å². The number of hydrogen-bond donors (Lipinski definition) is 2. The lowest BCUT2D eigenvalue weighted by molar-refractivity contribution is 0.276. The van der Waals surface area contributed by atoms with Crippen LogP contribution in [0.1, 0.15) is 11.3 Å². The quantitative estimate of drug-likeness (QED) is 0.713. The van der Waals surface area contributed by atoms with Gasteiger partial charge >= 0.3 is 0 Å². The fourth-order valence-electron chi connectivity index (χ4n) is 2.50. The number of primary sulfonamides is 1. The van der Waals surface area contributed by atoms with E-state index >= 15 is 0 Å². The summed E-state index contributed by atoms with van der Waals surface area (Å²) in [5.74, 6) is -0.224. The first-order chi connectivity index (χ1) is 11.9. The SMILES string of the molecule is NS(=O)(=O)Cc1ccc(-n2nc(CO)cc2-c2ccc(Cl)cc2)cc1. The van der Waals surface area contributed by atoms with Crippen molar-refractivity contribution >= 4 is 21.6 Å². The van der Waals surface area contributed by atoms with Crippen molar-refractivity contribution in [3.63, 3.8) is 0 Å². The summed E-state index contributed by atoms with van der Waals surface area (Å²) >= 11 is 5.94. The molecule has 1 heterocycles. The highest BCUT2D eigenvalue weighted by Gasteiger charge is 2.12. The van der Waals surface area contributed by atoms with E-state index in [1.807, 2.05) is 12.1 Å². The average Bonchev–Trinajstić information content (AvgIpc) is 2.99. The minimum Gasteiger partial charge on any atom is -0.390 e. The van der Waals surface area contributed by atoms with Crippen LogP contribution in [0.5, 0.6) is 0 Å². The molecule has 6 nitrogen and oxygen atoms in total. The monoisotopic (exact) mass is 377 g/mol. The van der Waals surface area contributed by atoms with E-state index in [0.717, 1.165) is 16.9 Å². The van der Waals surface area contributed by atoms with Gasteiger partial charge < -0.3 is 5.11 Å². The Kier molecular flexibility index (Phi) is 4.91. The zero-order chi connectivity index (χ0) is 18.0. The number of sulfonamides is 1. The molecule has 0 aliphatic heterocycles. The third kappa shape index (κ3) is 4.26. The van der Waals surface area contributed by atoms with E-state index in [-0.39, 0.29) is 12.4 Å². The highest BCUT2D eigenvalue weighted by Crippen LogP contribution is 2.26. The Morgan fingerprint density at radius 2 is 1.72 bits per heavy atom. The van der Waals surface area contributed by atoms with E-state index < -0.39 is 10.0 Å². The maximum Gasteiger partial charge on any atom is 0.213 e. The number of halogens is 1. The third-order valence-electron chi connectivity index (χ3n) is 3.61. The number of nitrogens with two attached hydrogens (primary N) is 1. The topological polar surface area (TPSA) is 98.2 Å². The molecule has 8 heteroatoms. The first-order valence-corrected chi connectivity index (χ1v) is 9.50. The van der Waals surface area contributed by atoms with Crippen molar-refractivity contribution in [3.05, 3.63) is 70.9 Å². The fourth-order valence-corrected chi connectivity index (χ4v) is 3.28. The number of rotatable bonds is 5. The summed E-state index contributed by atoms with van der Waals surface area (Å²) in [5.41, 5.74) is 3.54. The Balaban J connectivity index is 2.02. The second-order valence-corrected chi connectivity index (χ2v) is 7.62. The van der Waals surface area contributed by atoms with Crippen LogP contribution >= 0.6 is 11.6 Å². The molecule has 0 atom stereocenters. The summed E-state index contributed by atoms with van der Waals surface area (Å²) in [5, 5.41) is 19.5. The van der Waals surface area contributed by atoms with Crippen LogP contribution in [0.4, 0.5) is 0 Å². The lowest BCUT2D eigenvalue weighted by Gasteiger charge is -2.09. The summed E-state index contributed by atoms with van der Waals surface area (Å²) in [6.07, 6.45) is 0. The van der Waals surface area contributed by atoms with Gasteiger partial charge in [0.1, 0.15) is 0 Å². The molecular weight excluding hydrogens is 362 g/mol. The standard InChI is InChI=1S/C17H16ClN3O3S/c18-14-5-3-13(4-6-14)17-9-15(10-22)20-21(17)16-7-1-12(2-8-16)11-25(19,23)24/h1-9,22H,10-11H2,(H2,19,23,24). The molecule has 0 aliphatic carbocycles. The predicted octanol–water partition coefficient (Wildman–Crippen LogP) is 2.47. The van der Waals surface area contributed by atoms with Gasteiger partial charge in [-0.25, -0.2) is 18.2 Å². The van der Waals surface area contributed by atoms with Crippen LogP contribution in [-0.4, -0.2) is 23.3 Å². The molecule has 0 spiro atoms. The molecular formula is C17H16ClN3O3S. The van der Waals surface area contributed by atoms with Crippen LogP contribution in [0.3, 0.4) is 0 Å². The average molecular weight is 378 g/mol. The molecule has 130 valence electrons. The molecule has 0 fully saturated rings. The molecule has 3 rings (SSSR count). The number of nitrogens with zero attached hydrogens (tertiary/aromatic N) is 2. The van der Waals surface area contributed by atoms with Crippen molar-refractivity contribution in [2.75, 3.05) is 0 Å². The Labute approximate surface area is 150 Å². The maximum absolute atomic E-state index is 11.2. The molecule has 3 aromatic rings. The van der Waals surface area contributed by atoms with Crippen molar-refractivity contribution in [1.82, 2.24) is 9.78 Å². The molecule has 0 radical (unpaired) electrons. The zero-order valence-electron chi connectivity index (χ0n) is 13.1. The summed E-state index contributed by atoms with van der Waals surface area (Å²) in [7, 11) is -3.58. The van der Waals surface area contributed by atoms with Crippen molar-refractivity contribution in [2.45, 2.75) is 12.4 Å². The highest BCUT2D eigenvalue weighted by molar-refractivity contribution is 7.88. The summed E-state index contributed by atoms with van der Waals surface area (Å²) < 4.78 is 24.1. The van der Waals surface area contributed by atoms with Gasteiger partial charge in [-0.15, -0.1) is 0 Å². The lowest BCUT2D eigenvalue weighted by Crippen LogP contribution is -2.14. The zero-order valence-corrected chi connectivity index (χ0v) is 14.7. The molecule has 0 saturated carbocycles. The van der Waals surface area contributed by atoms with Crippen LogP contribution in [0, 0.1) is 0 Å². The maximum atomic E-state index is 11.2. The van der Waals surface area contributed by atoms with Crippen LogP contribution < -0.4 is 5.14 Å². The predicted molar refractivity (Wildman–Crippen MR) is 96.7 cm³/mol. The van der Waals surface area contributed by atoms with Crippen molar-refractivity contribution in [1.29, 1.82) is 0 Å². The molecule has 2 aromatic carbocycles. The summed E-state index contributed by atoms with van der Waals surface area (Å²) in [6.45, 7) is -0.183. The third-order valence-corrected chi connectivity index (χ3v) is 4.60. The second-order valence-electron chi connectivity index (χ2n) is 5.57. The van der Waals surface area contributed by atoms with Crippen molar-refractivity contribution in [3.8, 4) is 16.9 Å². The van der Waals surface area contributed by atoms with Crippen molar-refractivity contribution in [2.24, 2.45) is 5.14 Å². The molecule has 0 unspecified atom stereocenters. The Morgan fingerprint density at radius 3 is 2.28 bits per heavy atom. The van der Waals surface area contributed by atoms with E-state index in [4.69, 9.17) is 16.7 Å². The molecule has 0 saturated heterocycles. The lowest BCUT2D eigenvalue weighted by atomic mass is 10.1. The Bertz CT molecular complexity index is 981. The minimum absolute atomic E-state index is 0.183. The van der Waals surface area contributed by atoms with E-state index in [1.54, 1.807) is 47.1 Å². The van der Waals surface area contributed by atoms with Gasteiger partial charge in [0.25, 0.3) is 0 Å². The minimum atomic E-state index is -3.58. The number of aliphatic hydroxyl groups is 1. The normalized spacial score (nSPS) is 11.6. The van der Waals surface area contributed by atoms with Gasteiger partial charge in [0.2, 0.25) is 10.0 Å². The van der Waals surface area contributed by atoms with Crippen LogP contribution in [-0.2, 0) is 22.4 Å². The molecule has 3 N–H and O–H groups in total. The Morgan fingerprint density at radius 1 is 1.08 bits per heavy atom. The van der Waals surface area contributed by atoms with Crippen LogP contribution in [0.2, 0.25) is 5.02 Å². The number of aliphatic hydroxyl groups excluding tert-OH is 1. The first kappa shape index (κ1) is 17.6.